The molecule has 0 fully saturated rings. The van der Waals surface area contributed by atoms with Crippen LogP contribution in [0.2, 0.25) is 10.0 Å². The lowest BCUT2D eigenvalue weighted by atomic mass is 10.2. The number of rotatable bonds is 2. The van der Waals surface area contributed by atoms with Crippen molar-refractivity contribution < 1.29 is 0 Å². The molecule has 0 aliphatic heterocycles. The van der Waals surface area contributed by atoms with Gasteiger partial charge in [0.25, 0.3) is 5.56 Å². The Morgan fingerprint density at radius 2 is 2.00 bits per heavy atom. The molecule has 0 amide bonds. The second-order valence-electron chi connectivity index (χ2n) is 3.86. The van der Waals surface area contributed by atoms with Crippen molar-refractivity contribution in [2.24, 2.45) is 0 Å². The second-order valence-corrected chi connectivity index (χ2v) is 5.17. The highest BCUT2D eigenvalue weighted by Gasteiger charge is 2.08. The van der Waals surface area contributed by atoms with E-state index in [-0.39, 0.29) is 10.0 Å². The summed E-state index contributed by atoms with van der Waals surface area (Å²) < 4.78 is 9.53. The Balaban J connectivity index is 2.01. The molecule has 19 heavy (non-hydrogen) atoms. The minimum atomic E-state index is -0.411. The van der Waals surface area contributed by atoms with E-state index in [2.05, 4.69) is 13.8 Å². The largest absolute Gasteiger partial charge is 0.287 e. The molecule has 0 bridgehead atoms. The normalized spacial score (nSPS) is 11.1. The van der Waals surface area contributed by atoms with Gasteiger partial charge in [0.1, 0.15) is 16.1 Å². The summed E-state index contributed by atoms with van der Waals surface area (Å²) in [5.74, 6) is 0. The van der Waals surface area contributed by atoms with E-state index in [9.17, 15) is 4.79 Å². The predicted octanol–water partition coefficient (Wildman–Crippen LogP) is 2.60. The van der Waals surface area contributed by atoms with Crippen molar-refractivity contribution in [2.45, 2.75) is 6.54 Å². The molecule has 0 radical (unpaired) electrons. The maximum atomic E-state index is 11.9. The summed E-state index contributed by atoms with van der Waals surface area (Å²) in [6, 6.07) is 5.60. The van der Waals surface area contributed by atoms with E-state index in [0.29, 0.717) is 6.54 Å². The van der Waals surface area contributed by atoms with Gasteiger partial charge in [0.2, 0.25) is 0 Å². The van der Waals surface area contributed by atoms with Gasteiger partial charge < -0.3 is 0 Å². The number of halogens is 2. The lowest BCUT2D eigenvalue weighted by molar-refractivity contribution is 0.639. The fourth-order valence-corrected chi connectivity index (χ4v) is 2.44. The van der Waals surface area contributed by atoms with Crippen molar-refractivity contribution in [2.75, 3.05) is 0 Å². The molecule has 2 heterocycles. The Labute approximate surface area is 121 Å². The minimum absolute atomic E-state index is 0.0203. The molecule has 2 aromatic heterocycles. The molecule has 0 aliphatic carbocycles. The summed E-state index contributed by atoms with van der Waals surface area (Å²) in [5.41, 5.74) is 2.12. The van der Waals surface area contributed by atoms with Gasteiger partial charge >= 0.3 is 0 Å². The van der Waals surface area contributed by atoms with E-state index in [1.165, 1.54) is 10.9 Å². The van der Waals surface area contributed by atoms with E-state index >= 15 is 0 Å². The summed E-state index contributed by atoms with van der Waals surface area (Å²) in [7, 11) is 0. The standard InChI is InChI=1S/C11H6Cl2N4OS/c12-7-4-14-17(11(18)10(7)13)5-6-1-2-8-9(3-6)16-19-15-8/h1-4H,5H2. The number of nitrogens with zero attached hydrogens (tertiary/aromatic N) is 4. The molecule has 8 heteroatoms. The van der Waals surface area contributed by atoms with Gasteiger partial charge in [0.15, 0.2) is 0 Å². The van der Waals surface area contributed by atoms with Crippen LogP contribution in [0.5, 0.6) is 0 Å². The second kappa shape index (κ2) is 4.88. The van der Waals surface area contributed by atoms with E-state index in [4.69, 9.17) is 23.2 Å². The molecule has 3 aromatic rings. The first kappa shape index (κ1) is 12.5. The predicted molar refractivity (Wildman–Crippen MR) is 75.0 cm³/mol. The highest BCUT2D eigenvalue weighted by atomic mass is 35.5. The molecule has 0 unspecified atom stereocenters. The topological polar surface area (TPSA) is 60.7 Å². The third-order valence-electron chi connectivity index (χ3n) is 2.59. The maximum absolute atomic E-state index is 11.9. The molecule has 0 spiro atoms. The van der Waals surface area contributed by atoms with Gasteiger partial charge in [-0.15, -0.1) is 0 Å². The first-order chi connectivity index (χ1) is 9.15. The number of hydrogen-bond acceptors (Lipinski definition) is 5. The number of aromatic nitrogens is 4. The summed E-state index contributed by atoms with van der Waals surface area (Å²) in [5, 5.41) is 4.09. The summed E-state index contributed by atoms with van der Waals surface area (Å²) in [6.45, 7) is 0.309. The van der Waals surface area contributed by atoms with Crippen LogP contribution in [0.4, 0.5) is 0 Å². The van der Waals surface area contributed by atoms with Crippen molar-refractivity contribution in [1.29, 1.82) is 0 Å². The molecule has 0 saturated carbocycles. The molecule has 1 aromatic carbocycles. The number of hydrogen-bond donors (Lipinski definition) is 0. The Hall–Kier alpha value is -1.50. The molecule has 96 valence electrons. The van der Waals surface area contributed by atoms with Crippen LogP contribution < -0.4 is 5.56 Å². The van der Waals surface area contributed by atoms with Gasteiger partial charge in [-0.1, -0.05) is 29.3 Å². The zero-order chi connectivity index (χ0) is 13.4. The van der Waals surface area contributed by atoms with Gasteiger partial charge in [0.05, 0.1) is 29.5 Å². The molecule has 0 atom stereocenters. The molecular weight excluding hydrogens is 307 g/mol. The van der Waals surface area contributed by atoms with Crippen LogP contribution in [-0.4, -0.2) is 18.5 Å². The van der Waals surface area contributed by atoms with Gasteiger partial charge in [-0.05, 0) is 17.7 Å². The monoisotopic (exact) mass is 312 g/mol. The fourth-order valence-electron chi connectivity index (χ4n) is 1.66. The molecule has 3 rings (SSSR count). The van der Waals surface area contributed by atoms with E-state index in [0.717, 1.165) is 28.3 Å². The average Bonchev–Trinajstić information content (AvgIpc) is 2.87. The van der Waals surface area contributed by atoms with Crippen LogP contribution in [0.3, 0.4) is 0 Å². The Morgan fingerprint density at radius 3 is 2.84 bits per heavy atom. The SMILES string of the molecule is O=c1c(Cl)c(Cl)cnn1Cc1ccc2nsnc2c1. The smallest absolute Gasteiger partial charge is 0.266 e. The lowest BCUT2D eigenvalue weighted by Gasteiger charge is -2.05. The lowest BCUT2D eigenvalue weighted by Crippen LogP contribution is -2.23. The molecule has 0 aliphatic rings. The van der Waals surface area contributed by atoms with Crippen LogP contribution >= 0.6 is 34.9 Å². The van der Waals surface area contributed by atoms with Crippen LogP contribution in [0.1, 0.15) is 5.56 Å². The van der Waals surface area contributed by atoms with Gasteiger partial charge in [-0.25, -0.2) is 4.68 Å². The Morgan fingerprint density at radius 1 is 1.21 bits per heavy atom. The first-order valence-corrected chi connectivity index (χ1v) is 6.76. The van der Waals surface area contributed by atoms with E-state index in [1.54, 1.807) is 0 Å². The van der Waals surface area contributed by atoms with Crippen molar-refractivity contribution in [1.82, 2.24) is 18.5 Å². The third kappa shape index (κ3) is 2.34. The van der Waals surface area contributed by atoms with Gasteiger partial charge in [-0.2, -0.15) is 13.8 Å². The zero-order valence-corrected chi connectivity index (χ0v) is 11.7. The van der Waals surface area contributed by atoms with Crippen molar-refractivity contribution >= 4 is 46.0 Å². The number of benzene rings is 1. The van der Waals surface area contributed by atoms with Crippen molar-refractivity contribution in [3.63, 3.8) is 0 Å². The van der Waals surface area contributed by atoms with Crippen molar-refractivity contribution in [3.8, 4) is 0 Å². The Bertz CT molecular complexity index is 814. The summed E-state index contributed by atoms with van der Waals surface area (Å²) in [6.07, 6.45) is 1.36. The van der Waals surface area contributed by atoms with E-state index in [1.807, 2.05) is 18.2 Å². The summed E-state index contributed by atoms with van der Waals surface area (Å²) in [4.78, 5) is 11.9. The van der Waals surface area contributed by atoms with Crippen LogP contribution in [-0.2, 0) is 6.54 Å². The van der Waals surface area contributed by atoms with Gasteiger partial charge in [0, 0.05) is 0 Å². The van der Waals surface area contributed by atoms with Crippen LogP contribution in [0.15, 0.2) is 29.2 Å². The minimum Gasteiger partial charge on any atom is -0.266 e. The quantitative estimate of drug-likeness (QED) is 0.729. The average molecular weight is 313 g/mol. The molecule has 5 nitrogen and oxygen atoms in total. The first-order valence-electron chi connectivity index (χ1n) is 5.27. The molecule has 0 saturated heterocycles. The number of fused-ring (bicyclic) bond motifs is 1. The molecule has 0 N–H and O–H groups in total. The molecular formula is C11H6Cl2N4OS. The zero-order valence-electron chi connectivity index (χ0n) is 9.38. The van der Waals surface area contributed by atoms with Crippen molar-refractivity contribution in [3.05, 3.63) is 50.4 Å². The van der Waals surface area contributed by atoms with Gasteiger partial charge in [-0.3, -0.25) is 4.79 Å². The highest BCUT2D eigenvalue weighted by molar-refractivity contribution is 7.00. The highest BCUT2D eigenvalue weighted by Crippen LogP contribution is 2.16. The van der Waals surface area contributed by atoms with Crippen LogP contribution in [0, 0.1) is 0 Å². The third-order valence-corrected chi connectivity index (χ3v) is 3.90. The van der Waals surface area contributed by atoms with Crippen LogP contribution in [0.25, 0.3) is 11.0 Å². The Kier molecular flexibility index (Phi) is 3.22. The van der Waals surface area contributed by atoms with E-state index < -0.39 is 5.56 Å². The fraction of sp³-hybridized carbons (Fsp3) is 0.0909. The maximum Gasteiger partial charge on any atom is 0.287 e. The summed E-state index contributed by atoms with van der Waals surface area (Å²) >= 11 is 12.7.